The molecule has 1 aliphatic heterocycles. The van der Waals surface area contributed by atoms with E-state index in [4.69, 9.17) is 0 Å². The van der Waals surface area contributed by atoms with Gasteiger partial charge < -0.3 is 16.0 Å². The number of hydrogen-bond acceptors (Lipinski definition) is 3. The molecule has 3 N–H and O–H groups in total. The Hall–Kier alpha value is -1.59. The fraction of sp³-hybridized carbons (Fsp3) is 0.556. The molecule has 3 rings (SSSR count). The first kappa shape index (κ1) is 18.7. The molecule has 2 amide bonds. The number of rotatable bonds is 4. The molecular formula is C18H26ClN3O2. The van der Waals surface area contributed by atoms with Gasteiger partial charge in [-0.15, -0.1) is 12.4 Å². The summed E-state index contributed by atoms with van der Waals surface area (Å²) in [6.07, 6.45) is 6.00. The van der Waals surface area contributed by atoms with Gasteiger partial charge in [0.25, 0.3) is 5.91 Å². The van der Waals surface area contributed by atoms with Gasteiger partial charge in [0.15, 0.2) is 0 Å². The Morgan fingerprint density at radius 3 is 2.54 bits per heavy atom. The number of nitrogens with one attached hydrogen (secondary N) is 3. The zero-order valence-electron chi connectivity index (χ0n) is 14.0. The Bertz CT molecular complexity index is 562. The van der Waals surface area contributed by atoms with Gasteiger partial charge in [-0.1, -0.05) is 25.0 Å². The molecule has 1 saturated heterocycles. The second kappa shape index (κ2) is 8.49. The van der Waals surface area contributed by atoms with Crippen molar-refractivity contribution >= 4 is 24.2 Å². The van der Waals surface area contributed by atoms with Gasteiger partial charge in [-0.05, 0) is 42.9 Å². The molecule has 2 aliphatic rings. The van der Waals surface area contributed by atoms with Gasteiger partial charge in [0.1, 0.15) is 0 Å². The average molecular weight is 352 g/mol. The minimum absolute atomic E-state index is 0. The lowest BCUT2D eigenvalue weighted by Crippen LogP contribution is -2.42. The highest BCUT2D eigenvalue weighted by Gasteiger charge is 2.37. The number of carbonyl (C=O) groups excluding carboxylic acids is 2. The molecule has 1 saturated carbocycles. The van der Waals surface area contributed by atoms with E-state index in [1.54, 1.807) is 19.2 Å². The van der Waals surface area contributed by atoms with E-state index < -0.39 is 0 Å². The average Bonchev–Trinajstić information content (AvgIpc) is 3.03. The van der Waals surface area contributed by atoms with Crippen molar-refractivity contribution in [2.24, 2.45) is 5.92 Å². The molecule has 1 heterocycles. The van der Waals surface area contributed by atoms with Crippen LogP contribution in [0.1, 0.15) is 48.0 Å². The molecule has 1 aromatic carbocycles. The van der Waals surface area contributed by atoms with Crippen molar-refractivity contribution in [1.82, 2.24) is 16.0 Å². The predicted molar refractivity (Wildman–Crippen MR) is 96.2 cm³/mol. The molecule has 5 nitrogen and oxygen atoms in total. The molecule has 132 valence electrons. The molecule has 0 radical (unpaired) electrons. The van der Waals surface area contributed by atoms with Crippen molar-refractivity contribution in [3.8, 4) is 0 Å². The minimum Gasteiger partial charge on any atom is -0.355 e. The van der Waals surface area contributed by atoms with Crippen molar-refractivity contribution in [3.05, 3.63) is 35.4 Å². The van der Waals surface area contributed by atoms with Crippen LogP contribution >= 0.6 is 12.4 Å². The van der Waals surface area contributed by atoms with Gasteiger partial charge in [-0.3, -0.25) is 9.59 Å². The first-order valence-electron chi connectivity index (χ1n) is 8.52. The summed E-state index contributed by atoms with van der Waals surface area (Å²) >= 11 is 0. The maximum atomic E-state index is 12.3. The molecule has 1 aromatic rings. The molecule has 0 aromatic heterocycles. The molecule has 0 bridgehead atoms. The van der Waals surface area contributed by atoms with E-state index in [1.165, 1.54) is 25.7 Å². The summed E-state index contributed by atoms with van der Waals surface area (Å²) in [7, 11) is 1.61. The number of benzene rings is 1. The highest BCUT2D eigenvalue weighted by atomic mass is 35.5. The van der Waals surface area contributed by atoms with Crippen molar-refractivity contribution < 1.29 is 9.59 Å². The Kier molecular flexibility index (Phi) is 6.63. The van der Waals surface area contributed by atoms with Crippen LogP contribution in [0, 0.1) is 5.92 Å². The van der Waals surface area contributed by atoms with Crippen LogP contribution in [-0.2, 0) is 11.3 Å². The summed E-state index contributed by atoms with van der Waals surface area (Å²) < 4.78 is 0. The molecule has 24 heavy (non-hydrogen) atoms. The van der Waals surface area contributed by atoms with Crippen LogP contribution in [0.4, 0.5) is 0 Å². The zero-order chi connectivity index (χ0) is 16.2. The van der Waals surface area contributed by atoms with Gasteiger partial charge in [-0.2, -0.15) is 0 Å². The molecule has 0 spiro atoms. The number of halogens is 1. The van der Waals surface area contributed by atoms with Crippen molar-refractivity contribution in [2.45, 2.75) is 50.7 Å². The van der Waals surface area contributed by atoms with E-state index in [1.807, 2.05) is 12.1 Å². The Morgan fingerprint density at radius 2 is 1.88 bits per heavy atom. The summed E-state index contributed by atoms with van der Waals surface area (Å²) in [4.78, 5) is 23.8. The molecule has 3 atom stereocenters. The van der Waals surface area contributed by atoms with Gasteiger partial charge in [-0.25, -0.2) is 0 Å². The van der Waals surface area contributed by atoms with Crippen LogP contribution in [0.15, 0.2) is 24.3 Å². The minimum atomic E-state index is -0.0988. The van der Waals surface area contributed by atoms with E-state index in [-0.39, 0.29) is 30.3 Å². The molecule has 2 fully saturated rings. The van der Waals surface area contributed by atoms with Crippen molar-refractivity contribution in [1.29, 1.82) is 0 Å². The van der Waals surface area contributed by atoms with E-state index in [2.05, 4.69) is 16.0 Å². The lowest BCUT2D eigenvalue weighted by atomic mass is 9.85. The standard InChI is InChI=1S/C18H25N3O2.ClH/c1-19-17(22)13-8-6-12(7-9-13)11-20-18(23)16-10-14-4-2-3-5-15(14)21-16;/h6-9,14-16,21H,2-5,10-11H2,1H3,(H,19,22)(H,20,23);1H. The SMILES string of the molecule is CNC(=O)c1ccc(CNC(=O)C2CC3CCCCC3N2)cc1.Cl. The Morgan fingerprint density at radius 1 is 1.17 bits per heavy atom. The zero-order valence-corrected chi connectivity index (χ0v) is 14.8. The smallest absolute Gasteiger partial charge is 0.251 e. The first-order valence-corrected chi connectivity index (χ1v) is 8.52. The van der Waals surface area contributed by atoms with Gasteiger partial charge >= 0.3 is 0 Å². The van der Waals surface area contributed by atoms with E-state index in [0.717, 1.165) is 12.0 Å². The van der Waals surface area contributed by atoms with Crippen LogP contribution < -0.4 is 16.0 Å². The summed E-state index contributed by atoms with van der Waals surface area (Å²) in [5.74, 6) is 0.666. The number of hydrogen-bond donors (Lipinski definition) is 3. The molecule has 1 aliphatic carbocycles. The summed E-state index contributed by atoms with van der Waals surface area (Å²) in [6, 6.07) is 7.81. The molecule has 6 heteroatoms. The lowest BCUT2D eigenvalue weighted by Gasteiger charge is -2.24. The monoisotopic (exact) mass is 351 g/mol. The summed E-state index contributed by atoms with van der Waals surface area (Å²) in [5.41, 5.74) is 1.63. The highest BCUT2D eigenvalue weighted by molar-refractivity contribution is 5.93. The summed E-state index contributed by atoms with van der Waals surface area (Å²) in [5, 5.41) is 9.10. The van der Waals surface area contributed by atoms with Crippen LogP contribution in [0.5, 0.6) is 0 Å². The Labute approximate surface area is 149 Å². The van der Waals surface area contributed by atoms with Gasteiger partial charge in [0.05, 0.1) is 6.04 Å². The van der Waals surface area contributed by atoms with Crippen LogP contribution in [0.2, 0.25) is 0 Å². The van der Waals surface area contributed by atoms with Crippen LogP contribution in [-0.4, -0.2) is 30.9 Å². The molecular weight excluding hydrogens is 326 g/mol. The fourth-order valence-electron chi connectivity index (χ4n) is 3.75. The van der Waals surface area contributed by atoms with Crippen molar-refractivity contribution in [3.63, 3.8) is 0 Å². The van der Waals surface area contributed by atoms with Gasteiger partial charge in [0, 0.05) is 25.2 Å². The fourth-order valence-corrected chi connectivity index (χ4v) is 3.75. The second-order valence-electron chi connectivity index (χ2n) is 6.60. The quantitative estimate of drug-likeness (QED) is 0.777. The van der Waals surface area contributed by atoms with E-state index >= 15 is 0 Å². The number of carbonyl (C=O) groups is 2. The Balaban J connectivity index is 0.00000208. The van der Waals surface area contributed by atoms with E-state index in [9.17, 15) is 9.59 Å². The second-order valence-corrected chi connectivity index (χ2v) is 6.60. The van der Waals surface area contributed by atoms with Crippen LogP contribution in [0.3, 0.4) is 0 Å². The largest absolute Gasteiger partial charge is 0.355 e. The van der Waals surface area contributed by atoms with Gasteiger partial charge in [0.2, 0.25) is 5.91 Å². The number of fused-ring (bicyclic) bond motifs is 1. The first-order chi connectivity index (χ1) is 11.2. The highest BCUT2D eigenvalue weighted by Crippen LogP contribution is 2.33. The van der Waals surface area contributed by atoms with Crippen LogP contribution in [0.25, 0.3) is 0 Å². The predicted octanol–water partition coefficient (Wildman–Crippen LogP) is 2.00. The molecule has 3 unspecified atom stereocenters. The van der Waals surface area contributed by atoms with E-state index in [0.29, 0.717) is 24.1 Å². The number of amides is 2. The maximum Gasteiger partial charge on any atom is 0.251 e. The lowest BCUT2D eigenvalue weighted by molar-refractivity contribution is -0.123. The maximum absolute atomic E-state index is 12.3. The third kappa shape index (κ3) is 4.28. The van der Waals surface area contributed by atoms with Crippen molar-refractivity contribution in [2.75, 3.05) is 7.05 Å². The third-order valence-corrected chi connectivity index (χ3v) is 5.09. The topological polar surface area (TPSA) is 70.2 Å². The summed E-state index contributed by atoms with van der Waals surface area (Å²) in [6.45, 7) is 0.500. The third-order valence-electron chi connectivity index (χ3n) is 5.09. The normalized spacial score (nSPS) is 25.3.